The zero-order valence-corrected chi connectivity index (χ0v) is 20.6. The number of para-hydroxylation sites is 1. The highest BCUT2D eigenvalue weighted by Crippen LogP contribution is 2.15. The maximum absolute atomic E-state index is 11.8. The molecule has 0 saturated carbocycles. The van der Waals surface area contributed by atoms with Gasteiger partial charge in [0.15, 0.2) is 5.96 Å². The minimum atomic E-state index is -3.28. The second kappa shape index (κ2) is 11.5. The van der Waals surface area contributed by atoms with Crippen LogP contribution in [0.3, 0.4) is 0 Å². The van der Waals surface area contributed by atoms with Crippen LogP contribution in [0.5, 0.6) is 0 Å². The van der Waals surface area contributed by atoms with E-state index in [0.717, 1.165) is 43.3 Å². The summed E-state index contributed by atoms with van der Waals surface area (Å²) in [6, 6.07) is 18.1. The number of nitrogens with zero attached hydrogens (tertiary/aromatic N) is 3. The minimum Gasteiger partial charge on any atom is -0.368 e. The Morgan fingerprint density at radius 2 is 1.67 bits per heavy atom. The van der Waals surface area contributed by atoms with Crippen LogP contribution in [0.4, 0.5) is 5.69 Å². The third-order valence-corrected chi connectivity index (χ3v) is 6.36. The molecule has 164 valence electrons. The van der Waals surface area contributed by atoms with Crippen molar-refractivity contribution in [2.45, 2.75) is 12.3 Å². The van der Waals surface area contributed by atoms with Crippen molar-refractivity contribution in [1.29, 1.82) is 0 Å². The molecule has 1 heterocycles. The molecule has 1 fully saturated rings. The Morgan fingerprint density at radius 3 is 2.30 bits per heavy atom. The van der Waals surface area contributed by atoms with Gasteiger partial charge in [0, 0.05) is 45.5 Å². The molecule has 1 saturated heterocycles. The van der Waals surface area contributed by atoms with E-state index < -0.39 is 10.0 Å². The fourth-order valence-electron chi connectivity index (χ4n) is 3.45. The van der Waals surface area contributed by atoms with Crippen molar-refractivity contribution in [2.75, 3.05) is 45.2 Å². The van der Waals surface area contributed by atoms with Crippen LogP contribution >= 0.6 is 24.0 Å². The Bertz CT molecular complexity index is 929. The van der Waals surface area contributed by atoms with E-state index in [4.69, 9.17) is 0 Å². The number of halogens is 1. The van der Waals surface area contributed by atoms with Gasteiger partial charge in [-0.05, 0) is 30.3 Å². The van der Waals surface area contributed by atoms with Gasteiger partial charge >= 0.3 is 0 Å². The SMILES string of the molecule is CN=C(NCc1cccc(CS(=O)(=O)NC)c1)N1CCN(c2ccccc2)CC1.I. The summed E-state index contributed by atoms with van der Waals surface area (Å²) in [7, 11) is -0.0513. The van der Waals surface area contributed by atoms with E-state index in [1.165, 1.54) is 12.7 Å². The molecule has 0 amide bonds. The van der Waals surface area contributed by atoms with Crippen LogP contribution in [0, 0.1) is 0 Å². The van der Waals surface area contributed by atoms with E-state index in [2.05, 4.69) is 49.1 Å². The molecule has 0 aromatic heterocycles. The van der Waals surface area contributed by atoms with Gasteiger partial charge in [-0.1, -0.05) is 42.5 Å². The van der Waals surface area contributed by atoms with Crippen LogP contribution in [0.15, 0.2) is 59.6 Å². The number of hydrogen-bond donors (Lipinski definition) is 2. The second-order valence-electron chi connectivity index (χ2n) is 6.99. The lowest BCUT2D eigenvalue weighted by atomic mass is 10.1. The van der Waals surface area contributed by atoms with Crippen molar-refractivity contribution in [3.8, 4) is 0 Å². The quantitative estimate of drug-likeness (QED) is 0.332. The monoisotopic (exact) mass is 543 g/mol. The van der Waals surface area contributed by atoms with Crippen molar-refractivity contribution in [1.82, 2.24) is 14.9 Å². The van der Waals surface area contributed by atoms with Gasteiger partial charge in [0.2, 0.25) is 10.0 Å². The van der Waals surface area contributed by atoms with Gasteiger partial charge in [0.25, 0.3) is 0 Å². The van der Waals surface area contributed by atoms with E-state index in [9.17, 15) is 8.42 Å². The van der Waals surface area contributed by atoms with Crippen LogP contribution in [-0.4, -0.2) is 59.6 Å². The molecule has 1 aliphatic heterocycles. The Kier molecular flexibility index (Phi) is 9.37. The van der Waals surface area contributed by atoms with Crippen LogP contribution in [0.25, 0.3) is 0 Å². The molecule has 7 nitrogen and oxygen atoms in total. The van der Waals surface area contributed by atoms with E-state index in [0.29, 0.717) is 6.54 Å². The molecule has 2 aromatic rings. The fraction of sp³-hybridized carbons (Fsp3) is 0.381. The van der Waals surface area contributed by atoms with Crippen molar-refractivity contribution in [3.05, 3.63) is 65.7 Å². The molecule has 0 radical (unpaired) electrons. The van der Waals surface area contributed by atoms with E-state index in [-0.39, 0.29) is 29.7 Å². The number of aliphatic imine (C=N–C) groups is 1. The molecule has 2 aromatic carbocycles. The third kappa shape index (κ3) is 6.85. The number of benzene rings is 2. The summed E-state index contributed by atoms with van der Waals surface area (Å²) < 4.78 is 25.9. The number of piperazine rings is 1. The molecule has 3 rings (SSSR count). The van der Waals surface area contributed by atoms with Crippen LogP contribution in [-0.2, 0) is 22.3 Å². The standard InChI is InChI=1S/C21H29N5O2S.HI/c1-22-21(26-13-11-25(12-14-26)20-9-4-3-5-10-20)24-16-18-7-6-8-19(15-18)17-29(27,28)23-2;/h3-10,15,23H,11-14,16-17H2,1-2H3,(H,22,24);1H. The van der Waals surface area contributed by atoms with E-state index in [1.807, 2.05) is 30.3 Å². The molecule has 0 spiro atoms. The Balaban J connectivity index is 0.00000320. The van der Waals surface area contributed by atoms with Gasteiger partial charge in [-0.2, -0.15) is 0 Å². The summed E-state index contributed by atoms with van der Waals surface area (Å²) >= 11 is 0. The minimum absolute atomic E-state index is 0. The largest absolute Gasteiger partial charge is 0.368 e. The molecule has 0 aliphatic carbocycles. The molecule has 0 bridgehead atoms. The smallest absolute Gasteiger partial charge is 0.215 e. The highest BCUT2D eigenvalue weighted by molar-refractivity contribution is 14.0. The second-order valence-corrected chi connectivity index (χ2v) is 8.92. The van der Waals surface area contributed by atoms with Gasteiger partial charge in [-0.25, -0.2) is 13.1 Å². The summed E-state index contributed by atoms with van der Waals surface area (Å²) in [6.45, 7) is 4.28. The Labute approximate surface area is 196 Å². The van der Waals surface area contributed by atoms with Gasteiger partial charge in [-0.3, -0.25) is 4.99 Å². The first-order chi connectivity index (χ1) is 14.0. The summed E-state index contributed by atoms with van der Waals surface area (Å²) in [4.78, 5) is 9.07. The van der Waals surface area contributed by atoms with Gasteiger partial charge < -0.3 is 15.1 Å². The highest BCUT2D eigenvalue weighted by atomic mass is 127. The maximum Gasteiger partial charge on any atom is 0.215 e. The molecular formula is C21H30IN5O2S. The average molecular weight is 543 g/mol. The number of rotatable bonds is 6. The lowest BCUT2D eigenvalue weighted by molar-refractivity contribution is 0.372. The molecule has 0 atom stereocenters. The van der Waals surface area contributed by atoms with Crippen LogP contribution in [0.1, 0.15) is 11.1 Å². The van der Waals surface area contributed by atoms with Gasteiger partial charge in [0.1, 0.15) is 0 Å². The van der Waals surface area contributed by atoms with Crippen LogP contribution in [0.2, 0.25) is 0 Å². The predicted octanol–water partition coefficient (Wildman–Crippen LogP) is 2.25. The van der Waals surface area contributed by atoms with Gasteiger partial charge in [-0.15, -0.1) is 24.0 Å². The zero-order valence-electron chi connectivity index (χ0n) is 17.4. The number of nitrogens with one attached hydrogen (secondary N) is 2. The Hall–Kier alpha value is -1.85. The number of guanidine groups is 1. The molecule has 2 N–H and O–H groups in total. The normalized spacial score (nSPS) is 14.9. The molecule has 30 heavy (non-hydrogen) atoms. The fourth-order valence-corrected chi connectivity index (χ4v) is 4.21. The summed E-state index contributed by atoms with van der Waals surface area (Å²) in [5.41, 5.74) is 3.05. The first kappa shape index (κ1) is 24.4. The highest BCUT2D eigenvalue weighted by Gasteiger charge is 2.19. The summed E-state index contributed by atoms with van der Waals surface area (Å²) in [6.07, 6.45) is 0. The van der Waals surface area contributed by atoms with Crippen molar-refractivity contribution >= 4 is 45.6 Å². The van der Waals surface area contributed by atoms with Crippen LogP contribution < -0.4 is 14.9 Å². The lowest BCUT2D eigenvalue weighted by Gasteiger charge is -2.37. The molecule has 1 aliphatic rings. The maximum atomic E-state index is 11.8. The van der Waals surface area contributed by atoms with Crippen molar-refractivity contribution in [3.63, 3.8) is 0 Å². The molecule has 9 heteroatoms. The van der Waals surface area contributed by atoms with E-state index >= 15 is 0 Å². The van der Waals surface area contributed by atoms with Gasteiger partial charge in [0.05, 0.1) is 5.75 Å². The number of anilines is 1. The first-order valence-electron chi connectivity index (χ1n) is 9.75. The first-order valence-corrected chi connectivity index (χ1v) is 11.4. The van der Waals surface area contributed by atoms with E-state index in [1.54, 1.807) is 7.05 Å². The number of hydrogen-bond acceptors (Lipinski definition) is 4. The third-order valence-electron chi connectivity index (χ3n) is 5.02. The number of sulfonamides is 1. The lowest BCUT2D eigenvalue weighted by Crippen LogP contribution is -2.52. The summed E-state index contributed by atoms with van der Waals surface area (Å²) in [5, 5.41) is 3.41. The predicted molar refractivity (Wildman–Crippen MR) is 134 cm³/mol. The summed E-state index contributed by atoms with van der Waals surface area (Å²) in [5.74, 6) is 0.846. The molecular weight excluding hydrogens is 513 g/mol. The average Bonchev–Trinajstić information content (AvgIpc) is 2.75. The zero-order chi connectivity index (χ0) is 20.7. The topological polar surface area (TPSA) is 77.0 Å². The van der Waals surface area contributed by atoms with Crippen molar-refractivity contribution < 1.29 is 8.42 Å². The Morgan fingerprint density at radius 1 is 1.00 bits per heavy atom. The molecule has 0 unspecified atom stereocenters. The van der Waals surface area contributed by atoms with Crippen molar-refractivity contribution in [2.24, 2.45) is 4.99 Å².